The quantitative estimate of drug-likeness (QED) is 0.672. The van der Waals surface area contributed by atoms with Crippen molar-refractivity contribution >= 4 is 11.5 Å². The van der Waals surface area contributed by atoms with Gasteiger partial charge in [0.2, 0.25) is 0 Å². The van der Waals surface area contributed by atoms with Crippen molar-refractivity contribution in [2.75, 3.05) is 5.73 Å². The van der Waals surface area contributed by atoms with E-state index in [1.807, 2.05) is 12.1 Å². The lowest BCUT2D eigenvalue weighted by Crippen LogP contribution is -2.05. The van der Waals surface area contributed by atoms with Gasteiger partial charge in [0.25, 0.3) is 0 Å². The van der Waals surface area contributed by atoms with E-state index < -0.39 is 5.82 Å². The number of nitrogens with two attached hydrogens (primary N) is 1. The number of rotatable bonds is 3. The summed E-state index contributed by atoms with van der Waals surface area (Å²) in [5.41, 5.74) is 7.59. The minimum atomic E-state index is -0.549. The Kier molecular flexibility index (Phi) is 3.65. The highest BCUT2D eigenvalue weighted by atomic mass is 19.1. The summed E-state index contributed by atoms with van der Waals surface area (Å²) in [5.74, 6) is -0.500. The van der Waals surface area contributed by atoms with E-state index in [1.54, 1.807) is 12.1 Å². The van der Waals surface area contributed by atoms with E-state index in [9.17, 15) is 9.18 Å². The van der Waals surface area contributed by atoms with Gasteiger partial charge < -0.3 is 5.73 Å². The zero-order valence-electron chi connectivity index (χ0n) is 11.0. The lowest BCUT2D eigenvalue weighted by Gasteiger charge is -2.07. The number of carbonyl (C=O) groups is 1. The number of nitrogen functional groups attached to an aromatic ring is 1. The number of hydrogen-bond acceptors (Lipinski definition) is 2. The first kappa shape index (κ1) is 13.3. The van der Waals surface area contributed by atoms with Crippen LogP contribution in [0, 0.1) is 5.82 Å². The van der Waals surface area contributed by atoms with Crippen LogP contribution in [0.4, 0.5) is 10.1 Å². The Balaban J connectivity index is 2.36. The Morgan fingerprint density at radius 3 is 2.32 bits per heavy atom. The molecule has 0 fully saturated rings. The lowest BCUT2D eigenvalue weighted by molar-refractivity contribution is 0.103. The summed E-state index contributed by atoms with van der Waals surface area (Å²) in [6.45, 7) is 4.16. The smallest absolute Gasteiger partial charge is 0.196 e. The van der Waals surface area contributed by atoms with Gasteiger partial charge in [0.05, 0.1) is 5.56 Å². The second kappa shape index (κ2) is 5.22. The monoisotopic (exact) mass is 257 g/mol. The number of benzene rings is 2. The highest BCUT2D eigenvalue weighted by Gasteiger charge is 2.14. The topological polar surface area (TPSA) is 43.1 Å². The van der Waals surface area contributed by atoms with Crippen LogP contribution < -0.4 is 5.73 Å². The molecule has 0 saturated heterocycles. The average Bonchev–Trinajstić information content (AvgIpc) is 2.41. The molecule has 0 unspecified atom stereocenters. The van der Waals surface area contributed by atoms with Crippen LogP contribution in [0.2, 0.25) is 0 Å². The molecule has 3 heteroatoms. The van der Waals surface area contributed by atoms with Crippen LogP contribution in [0.5, 0.6) is 0 Å². The van der Waals surface area contributed by atoms with Crippen LogP contribution in [0.1, 0.15) is 41.3 Å². The molecule has 2 aromatic carbocycles. The molecule has 0 aromatic heterocycles. The molecule has 0 radical (unpaired) electrons. The predicted octanol–water partition coefficient (Wildman–Crippen LogP) is 3.76. The van der Waals surface area contributed by atoms with E-state index in [4.69, 9.17) is 5.73 Å². The highest BCUT2D eigenvalue weighted by molar-refractivity contribution is 6.09. The van der Waals surface area contributed by atoms with Crippen molar-refractivity contribution in [1.29, 1.82) is 0 Å². The van der Waals surface area contributed by atoms with Crippen LogP contribution in [0.3, 0.4) is 0 Å². The second-order valence-electron chi connectivity index (χ2n) is 4.85. The molecule has 2 rings (SSSR count). The van der Waals surface area contributed by atoms with E-state index in [1.165, 1.54) is 18.2 Å². The summed E-state index contributed by atoms with van der Waals surface area (Å²) in [6, 6.07) is 11.2. The van der Waals surface area contributed by atoms with Gasteiger partial charge in [-0.3, -0.25) is 4.79 Å². The molecule has 2 aromatic rings. The molecule has 0 aliphatic heterocycles. The normalized spacial score (nSPS) is 10.7. The van der Waals surface area contributed by atoms with Gasteiger partial charge in [-0.1, -0.05) is 38.1 Å². The molecular weight excluding hydrogens is 241 g/mol. The number of ketones is 1. The fourth-order valence-corrected chi connectivity index (χ4v) is 1.89. The highest BCUT2D eigenvalue weighted by Crippen LogP contribution is 2.19. The fraction of sp³-hybridized carbons (Fsp3) is 0.188. The van der Waals surface area contributed by atoms with Crippen molar-refractivity contribution < 1.29 is 9.18 Å². The van der Waals surface area contributed by atoms with Crippen LogP contribution in [0.15, 0.2) is 42.5 Å². The van der Waals surface area contributed by atoms with Gasteiger partial charge in [0, 0.05) is 11.3 Å². The Morgan fingerprint density at radius 2 is 1.74 bits per heavy atom. The second-order valence-corrected chi connectivity index (χ2v) is 4.85. The van der Waals surface area contributed by atoms with E-state index in [2.05, 4.69) is 13.8 Å². The third-order valence-corrected chi connectivity index (χ3v) is 3.07. The maximum atomic E-state index is 13.6. The molecule has 0 heterocycles. The Hall–Kier alpha value is -2.16. The number of hydrogen-bond donors (Lipinski definition) is 1. The zero-order valence-corrected chi connectivity index (χ0v) is 11.0. The molecule has 0 amide bonds. The minimum absolute atomic E-state index is 0.0114. The summed E-state index contributed by atoms with van der Waals surface area (Å²) < 4.78 is 13.6. The van der Waals surface area contributed by atoms with E-state index in [0.717, 1.165) is 5.56 Å². The zero-order chi connectivity index (χ0) is 14.0. The number of halogens is 1. The van der Waals surface area contributed by atoms with Crippen LogP contribution in [0.25, 0.3) is 0 Å². The van der Waals surface area contributed by atoms with Crippen molar-refractivity contribution in [1.82, 2.24) is 0 Å². The van der Waals surface area contributed by atoms with Crippen LogP contribution in [-0.4, -0.2) is 5.78 Å². The van der Waals surface area contributed by atoms with Crippen LogP contribution in [-0.2, 0) is 0 Å². The summed E-state index contributed by atoms with van der Waals surface area (Å²) in [7, 11) is 0. The minimum Gasteiger partial charge on any atom is -0.399 e. The summed E-state index contributed by atoms with van der Waals surface area (Å²) in [6.07, 6.45) is 0. The summed E-state index contributed by atoms with van der Waals surface area (Å²) in [4.78, 5) is 12.2. The molecular formula is C16H16FNO. The first-order valence-corrected chi connectivity index (χ1v) is 6.18. The average molecular weight is 257 g/mol. The molecule has 0 bridgehead atoms. The van der Waals surface area contributed by atoms with Gasteiger partial charge in [-0.05, 0) is 29.7 Å². The maximum Gasteiger partial charge on any atom is 0.196 e. The molecule has 0 atom stereocenters. The third kappa shape index (κ3) is 2.81. The third-order valence-electron chi connectivity index (χ3n) is 3.07. The molecule has 98 valence electrons. The SMILES string of the molecule is CC(C)c1ccc(C(=O)c2cc(N)ccc2F)cc1. The lowest BCUT2D eigenvalue weighted by atomic mass is 9.97. The van der Waals surface area contributed by atoms with E-state index in [-0.39, 0.29) is 11.3 Å². The van der Waals surface area contributed by atoms with Gasteiger partial charge in [-0.15, -0.1) is 0 Å². The molecule has 19 heavy (non-hydrogen) atoms. The molecule has 2 nitrogen and oxygen atoms in total. The standard InChI is InChI=1S/C16H16FNO/c1-10(2)11-3-5-12(6-4-11)16(19)14-9-13(18)7-8-15(14)17/h3-10H,18H2,1-2H3. The first-order valence-electron chi connectivity index (χ1n) is 6.18. The molecule has 0 spiro atoms. The molecule has 0 aliphatic carbocycles. The van der Waals surface area contributed by atoms with Crippen molar-refractivity contribution in [3.05, 3.63) is 65.0 Å². The molecule has 0 aliphatic rings. The number of carbonyl (C=O) groups excluding carboxylic acids is 1. The van der Waals surface area contributed by atoms with E-state index in [0.29, 0.717) is 17.2 Å². The molecule has 2 N–H and O–H groups in total. The molecule has 0 saturated carbocycles. The van der Waals surface area contributed by atoms with Crippen LogP contribution >= 0.6 is 0 Å². The maximum absolute atomic E-state index is 13.6. The van der Waals surface area contributed by atoms with Gasteiger partial charge in [-0.2, -0.15) is 0 Å². The van der Waals surface area contributed by atoms with Gasteiger partial charge in [-0.25, -0.2) is 4.39 Å². The van der Waals surface area contributed by atoms with Crippen molar-refractivity contribution in [3.63, 3.8) is 0 Å². The van der Waals surface area contributed by atoms with Crippen molar-refractivity contribution in [2.45, 2.75) is 19.8 Å². The van der Waals surface area contributed by atoms with Gasteiger partial charge in [0.15, 0.2) is 5.78 Å². The van der Waals surface area contributed by atoms with Crippen molar-refractivity contribution in [3.8, 4) is 0 Å². The predicted molar refractivity (Wildman–Crippen MR) is 74.8 cm³/mol. The summed E-state index contributed by atoms with van der Waals surface area (Å²) in [5, 5.41) is 0. The van der Waals surface area contributed by atoms with Crippen molar-refractivity contribution in [2.24, 2.45) is 0 Å². The largest absolute Gasteiger partial charge is 0.399 e. The Bertz CT molecular complexity index is 603. The van der Waals surface area contributed by atoms with Gasteiger partial charge >= 0.3 is 0 Å². The Labute approximate surface area is 112 Å². The van der Waals surface area contributed by atoms with Gasteiger partial charge in [0.1, 0.15) is 5.82 Å². The Morgan fingerprint density at radius 1 is 1.11 bits per heavy atom. The summed E-state index contributed by atoms with van der Waals surface area (Å²) >= 11 is 0. The fourth-order valence-electron chi connectivity index (χ4n) is 1.89. The number of anilines is 1. The first-order chi connectivity index (χ1) is 8.99. The van der Waals surface area contributed by atoms with E-state index >= 15 is 0 Å².